The molecule has 1 atom stereocenters. The van der Waals surface area contributed by atoms with Gasteiger partial charge in [-0.05, 0) is 54.2 Å². The maximum absolute atomic E-state index is 2.42. The highest BCUT2D eigenvalue weighted by Gasteiger charge is 2.24. The van der Waals surface area contributed by atoms with Gasteiger partial charge in [0.2, 0.25) is 0 Å². The van der Waals surface area contributed by atoms with Crippen LogP contribution < -0.4 is 0 Å². The summed E-state index contributed by atoms with van der Waals surface area (Å²) >= 11 is 0. The predicted octanol–water partition coefficient (Wildman–Crippen LogP) is 8.64. The lowest BCUT2D eigenvalue weighted by atomic mass is 9.74. The highest BCUT2D eigenvalue weighted by atomic mass is 14.3. The number of benzene rings is 2. The lowest BCUT2D eigenvalue weighted by Crippen LogP contribution is -2.17. The predicted molar refractivity (Wildman–Crippen MR) is 119 cm³/mol. The Kier molecular flexibility index (Phi) is 10.3. The fourth-order valence-electron chi connectivity index (χ4n) is 3.78. The van der Waals surface area contributed by atoms with E-state index in [1.165, 1.54) is 47.9 Å². The van der Waals surface area contributed by atoms with Gasteiger partial charge in [0.25, 0.3) is 0 Å². The molecule has 0 amide bonds. The lowest BCUT2D eigenvalue weighted by molar-refractivity contribution is 0.261. The molecular formula is C26H40. The third-order valence-corrected chi connectivity index (χ3v) is 5.59. The second kappa shape index (κ2) is 11.9. The van der Waals surface area contributed by atoms with Crippen LogP contribution in [0.15, 0.2) is 48.5 Å². The first-order valence-corrected chi connectivity index (χ1v) is 10.8. The molecule has 2 aromatic carbocycles. The van der Waals surface area contributed by atoms with Crippen LogP contribution in [-0.4, -0.2) is 0 Å². The van der Waals surface area contributed by atoms with E-state index in [4.69, 9.17) is 0 Å². The Balaban J connectivity index is 0.000000791. The van der Waals surface area contributed by atoms with Gasteiger partial charge in [-0.2, -0.15) is 0 Å². The van der Waals surface area contributed by atoms with Gasteiger partial charge in [0.05, 0.1) is 0 Å². The molecule has 3 rings (SSSR count). The van der Waals surface area contributed by atoms with E-state index in [2.05, 4.69) is 69.3 Å². The van der Waals surface area contributed by atoms with Crippen LogP contribution in [0.5, 0.6) is 0 Å². The van der Waals surface area contributed by atoms with Crippen molar-refractivity contribution in [3.8, 4) is 11.1 Å². The van der Waals surface area contributed by atoms with Gasteiger partial charge >= 0.3 is 0 Å². The van der Waals surface area contributed by atoms with Crippen molar-refractivity contribution in [1.82, 2.24) is 0 Å². The molecule has 0 aliphatic heterocycles. The molecule has 1 unspecified atom stereocenters. The van der Waals surface area contributed by atoms with E-state index >= 15 is 0 Å². The minimum absolute atomic E-state index is 0.694. The molecule has 0 aromatic heterocycles. The quantitative estimate of drug-likeness (QED) is 0.518. The Hall–Kier alpha value is -1.56. The van der Waals surface area contributed by atoms with Gasteiger partial charge in [-0.15, -0.1) is 0 Å². The van der Waals surface area contributed by atoms with Crippen molar-refractivity contribution in [2.75, 3.05) is 0 Å². The molecule has 0 N–H and O–H groups in total. The Morgan fingerprint density at radius 3 is 1.58 bits per heavy atom. The van der Waals surface area contributed by atoms with Crippen molar-refractivity contribution < 1.29 is 0 Å². The van der Waals surface area contributed by atoms with Crippen LogP contribution in [0.4, 0.5) is 0 Å². The van der Waals surface area contributed by atoms with Crippen LogP contribution in [0.25, 0.3) is 11.1 Å². The average Bonchev–Trinajstić information content (AvgIpc) is 2.72. The molecule has 1 aliphatic rings. The standard InChI is InChI=1S/C22H28.2C2H6/c1-16-4-8-19(9-5-16)18(3)20-12-14-22(15-13-20)21-10-6-17(2)7-11-21;2*1-2/h6-7,10-16,18-19H,4-5,8-9H2,1-3H3;2*1-2H3. The first kappa shape index (κ1) is 22.5. The smallest absolute Gasteiger partial charge is 0.0162 e. The van der Waals surface area contributed by atoms with E-state index in [1.54, 1.807) is 0 Å². The molecule has 1 saturated carbocycles. The first-order chi connectivity index (χ1) is 12.6. The molecule has 0 nitrogen and oxygen atoms in total. The molecule has 0 heterocycles. The summed E-state index contributed by atoms with van der Waals surface area (Å²) < 4.78 is 0. The monoisotopic (exact) mass is 352 g/mol. The van der Waals surface area contributed by atoms with Gasteiger partial charge in [-0.25, -0.2) is 0 Å². The van der Waals surface area contributed by atoms with Gasteiger partial charge in [0.1, 0.15) is 0 Å². The second-order valence-corrected chi connectivity index (χ2v) is 7.30. The average molecular weight is 353 g/mol. The minimum atomic E-state index is 0.694. The van der Waals surface area contributed by atoms with Crippen molar-refractivity contribution in [3.05, 3.63) is 59.7 Å². The summed E-state index contributed by atoms with van der Waals surface area (Å²) in [5.41, 5.74) is 5.47. The molecule has 1 aliphatic carbocycles. The number of rotatable bonds is 3. The largest absolute Gasteiger partial charge is 0.0683 e. The van der Waals surface area contributed by atoms with E-state index in [0.717, 1.165) is 11.8 Å². The topological polar surface area (TPSA) is 0 Å². The molecule has 1 fully saturated rings. The molecular weight excluding hydrogens is 312 g/mol. The summed E-state index contributed by atoms with van der Waals surface area (Å²) in [7, 11) is 0. The summed E-state index contributed by atoms with van der Waals surface area (Å²) in [6, 6.07) is 18.1. The zero-order chi connectivity index (χ0) is 19.5. The lowest BCUT2D eigenvalue weighted by Gasteiger charge is -2.31. The zero-order valence-corrected chi connectivity index (χ0v) is 18.2. The van der Waals surface area contributed by atoms with Crippen molar-refractivity contribution in [1.29, 1.82) is 0 Å². The summed E-state index contributed by atoms with van der Waals surface area (Å²) in [5.74, 6) is 2.51. The third kappa shape index (κ3) is 6.31. The highest BCUT2D eigenvalue weighted by Crippen LogP contribution is 2.38. The second-order valence-electron chi connectivity index (χ2n) is 7.30. The van der Waals surface area contributed by atoms with Crippen LogP contribution in [0.1, 0.15) is 84.3 Å². The van der Waals surface area contributed by atoms with E-state index in [-0.39, 0.29) is 0 Å². The molecule has 26 heavy (non-hydrogen) atoms. The molecule has 0 saturated heterocycles. The Bertz CT molecular complexity index is 583. The molecule has 2 aromatic rings. The van der Waals surface area contributed by atoms with Gasteiger partial charge in [0, 0.05) is 0 Å². The Morgan fingerprint density at radius 2 is 1.12 bits per heavy atom. The maximum atomic E-state index is 2.42. The van der Waals surface area contributed by atoms with Gasteiger partial charge < -0.3 is 0 Å². The fourth-order valence-corrected chi connectivity index (χ4v) is 3.78. The van der Waals surface area contributed by atoms with E-state index in [9.17, 15) is 0 Å². The maximum Gasteiger partial charge on any atom is -0.0162 e. The van der Waals surface area contributed by atoms with Crippen molar-refractivity contribution >= 4 is 0 Å². The molecule has 144 valence electrons. The normalized spacial score (nSPS) is 20.1. The van der Waals surface area contributed by atoms with Crippen molar-refractivity contribution in [2.45, 2.75) is 80.1 Å². The number of hydrogen-bond donors (Lipinski definition) is 0. The van der Waals surface area contributed by atoms with Crippen LogP contribution >= 0.6 is 0 Å². The molecule has 0 radical (unpaired) electrons. The molecule has 0 bridgehead atoms. The minimum Gasteiger partial charge on any atom is -0.0683 e. The first-order valence-electron chi connectivity index (χ1n) is 10.8. The van der Waals surface area contributed by atoms with Crippen LogP contribution in [0.3, 0.4) is 0 Å². The van der Waals surface area contributed by atoms with Crippen LogP contribution in [0, 0.1) is 18.8 Å². The zero-order valence-electron chi connectivity index (χ0n) is 18.2. The Morgan fingerprint density at radius 1 is 0.692 bits per heavy atom. The third-order valence-electron chi connectivity index (χ3n) is 5.59. The van der Waals surface area contributed by atoms with E-state index in [1.807, 2.05) is 27.7 Å². The number of aryl methyl sites for hydroxylation is 1. The summed E-state index contributed by atoms with van der Waals surface area (Å²) in [6.07, 6.45) is 5.64. The number of hydrogen-bond acceptors (Lipinski definition) is 0. The highest BCUT2D eigenvalue weighted by molar-refractivity contribution is 5.64. The fraction of sp³-hybridized carbons (Fsp3) is 0.538. The molecule has 0 spiro atoms. The van der Waals surface area contributed by atoms with Gasteiger partial charge in [-0.1, -0.05) is 108 Å². The summed E-state index contributed by atoms with van der Waals surface area (Å²) in [6.45, 7) is 15.0. The van der Waals surface area contributed by atoms with Crippen LogP contribution in [-0.2, 0) is 0 Å². The summed E-state index contributed by atoms with van der Waals surface area (Å²) in [4.78, 5) is 0. The Labute approximate surface area is 163 Å². The SMILES string of the molecule is CC.CC.Cc1ccc(-c2ccc(C(C)C3CCC(C)CC3)cc2)cc1. The van der Waals surface area contributed by atoms with Gasteiger partial charge in [0.15, 0.2) is 0 Å². The molecule has 0 heteroatoms. The van der Waals surface area contributed by atoms with E-state index < -0.39 is 0 Å². The summed E-state index contributed by atoms with van der Waals surface area (Å²) in [5, 5.41) is 0. The van der Waals surface area contributed by atoms with Gasteiger partial charge in [-0.3, -0.25) is 0 Å². The van der Waals surface area contributed by atoms with Crippen molar-refractivity contribution in [2.24, 2.45) is 11.8 Å². The van der Waals surface area contributed by atoms with Crippen LogP contribution in [0.2, 0.25) is 0 Å². The van der Waals surface area contributed by atoms with E-state index in [0.29, 0.717) is 5.92 Å². The van der Waals surface area contributed by atoms with Crippen molar-refractivity contribution in [3.63, 3.8) is 0 Å².